The molecule has 0 bridgehead atoms. The van der Waals surface area contributed by atoms with E-state index in [1.807, 2.05) is 11.3 Å². The van der Waals surface area contributed by atoms with Crippen LogP contribution in [0.5, 0.6) is 0 Å². The highest BCUT2D eigenvalue weighted by Crippen LogP contribution is 2.46. The van der Waals surface area contributed by atoms with Crippen molar-refractivity contribution in [2.75, 3.05) is 0 Å². The normalized spacial score (nSPS) is 17.1. The summed E-state index contributed by atoms with van der Waals surface area (Å²) in [6.45, 7) is 2.31. The topological polar surface area (TPSA) is 15.8 Å². The average molecular weight is 339 g/mol. The molecule has 1 aliphatic carbocycles. The second kappa shape index (κ2) is 4.74. The Morgan fingerprint density at radius 1 is 0.920 bits per heavy atom. The number of thiophene rings is 1. The molecular weight excluding hydrogens is 322 g/mol. The molecule has 0 saturated heterocycles. The number of para-hydroxylation sites is 1. The number of hydrogen-bond acceptors (Lipinski definition) is 1. The van der Waals surface area contributed by atoms with Crippen LogP contribution in [0.1, 0.15) is 17.4 Å². The van der Waals surface area contributed by atoms with Gasteiger partial charge < -0.3 is 4.98 Å². The first-order valence-corrected chi connectivity index (χ1v) is 9.67. The number of fused-ring (bicyclic) bond motifs is 10. The van der Waals surface area contributed by atoms with Gasteiger partial charge in [-0.15, -0.1) is 11.3 Å². The molecule has 2 heterocycles. The van der Waals surface area contributed by atoms with Gasteiger partial charge in [-0.3, -0.25) is 0 Å². The van der Waals surface area contributed by atoms with E-state index in [0.717, 1.165) is 6.42 Å². The first-order chi connectivity index (χ1) is 12.3. The largest absolute Gasteiger partial charge is 0.354 e. The third kappa shape index (κ3) is 1.73. The molecule has 1 nitrogen and oxygen atoms in total. The number of aromatic nitrogens is 1. The molecule has 1 atom stereocenters. The first kappa shape index (κ1) is 13.7. The van der Waals surface area contributed by atoms with Gasteiger partial charge in [-0.05, 0) is 35.4 Å². The van der Waals surface area contributed by atoms with Crippen LogP contribution in [0.25, 0.3) is 48.7 Å². The summed E-state index contributed by atoms with van der Waals surface area (Å²) in [7, 11) is 0. The second-order valence-corrected chi connectivity index (χ2v) is 8.21. The molecule has 0 radical (unpaired) electrons. The molecule has 0 spiro atoms. The van der Waals surface area contributed by atoms with Crippen molar-refractivity contribution in [3.63, 3.8) is 0 Å². The molecule has 2 aromatic heterocycles. The predicted octanol–water partition coefficient (Wildman–Crippen LogP) is 6.89. The minimum atomic E-state index is 0.608. The van der Waals surface area contributed by atoms with Gasteiger partial charge >= 0.3 is 0 Å². The summed E-state index contributed by atoms with van der Waals surface area (Å²) in [5, 5.41) is 6.89. The Morgan fingerprint density at radius 2 is 1.68 bits per heavy atom. The summed E-state index contributed by atoms with van der Waals surface area (Å²) < 4.78 is 1.43. The Hall–Kier alpha value is -2.58. The summed E-state index contributed by atoms with van der Waals surface area (Å²) in [6, 6.07) is 17.6. The Bertz CT molecular complexity index is 1330. The van der Waals surface area contributed by atoms with E-state index < -0.39 is 0 Å². The van der Waals surface area contributed by atoms with E-state index in [1.54, 1.807) is 0 Å². The van der Waals surface area contributed by atoms with Gasteiger partial charge in [0.1, 0.15) is 0 Å². The maximum absolute atomic E-state index is 3.75. The molecule has 0 aliphatic heterocycles. The number of rotatable bonds is 0. The number of benzene rings is 3. The Labute approximate surface area is 149 Å². The van der Waals surface area contributed by atoms with Crippen LogP contribution in [0.4, 0.5) is 0 Å². The molecule has 0 fully saturated rings. The molecule has 0 amide bonds. The number of H-pyrrole nitrogens is 1. The standard InChI is InChI=1S/C23H17NS/c1-13-10-11-19-17(12-13)21-22-20(16-8-4-5-9-18(16)24-22)14-6-2-3-7-15(14)23(21)25-19/h2-11,13,24H,12H2,1H3. The van der Waals surface area contributed by atoms with E-state index in [9.17, 15) is 0 Å². The number of allylic oxidation sites excluding steroid dienone is 1. The highest BCUT2D eigenvalue weighted by atomic mass is 32.1. The number of nitrogens with one attached hydrogen (secondary N) is 1. The second-order valence-electron chi connectivity index (χ2n) is 7.16. The SMILES string of the molecule is CC1C=Cc2sc3c4ccccc4c4c5ccccc5[nH]c4c3c2C1. The van der Waals surface area contributed by atoms with E-state index in [1.165, 1.54) is 53.1 Å². The molecule has 1 aliphatic rings. The Morgan fingerprint density at radius 3 is 2.56 bits per heavy atom. The summed E-state index contributed by atoms with van der Waals surface area (Å²) >= 11 is 1.95. The van der Waals surface area contributed by atoms with Crippen LogP contribution < -0.4 is 0 Å². The third-order valence-electron chi connectivity index (χ3n) is 5.54. The van der Waals surface area contributed by atoms with Crippen LogP contribution in [0.3, 0.4) is 0 Å². The minimum absolute atomic E-state index is 0.608. The lowest BCUT2D eigenvalue weighted by Crippen LogP contribution is -2.00. The van der Waals surface area contributed by atoms with Gasteiger partial charge in [0.2, 0.25) is 0 Å². The van der Waals surface area contributed by atoms with Gasteiger partial charge in [-0.1, -0.05) is 55.5 Å². The average Bonchev–Trinajstić information content (AvgIpc) is 3.20. The first-order valence-electron chi connectivity index (χ1n) is 8.86. The van der Waals surface area contributed by atoms with Crippen molar-refractivity contribution in [1.29, 1.82) is 0 Å². The van der Waals surface area contributed by atoms with Crippen LogP contribution in [-0.2, 0) is 6.42 Å². The van der Waals surface area contributed by atoms with Crippen molar-refractivity contribution in [2.24, 2.45) is 5.92 Å². The summed E-state index contributed by atoms with van der Waals surface area (Å²) in [6.07, 6.45) is 5.81. The van der Waals surface area contributed by atoms with Crippen LogP contribution in [-0.4, -0.2) is 4.98 Å². The molecule has 1 unspecified atom stereocenters. The van der Waals surface area contributed by atoms with Crippen molar-refractivity contribution in [3.8, 4) is 0 Å². The summed E-state index contributed by atoms with van der Waals surface area (Å²) in [4.78, 5) is 5.18. The molecule has 2 heteroatoms. The van der Waals surface area contributed by atoms with Gasteiger partial charge in [-0.2, -0.15) is 0 Å². The fraction of sp³-hybridized carbons (Fsp3) is 0.130. The zero-order valence-electron chi connectivity index (χ0n) is 14.0. The van der Waals surface area contributed by atoms with Gasteiger partial charge in [0.25, 0.3) is 0 Å². The molecule has 3 aromatic carbocycles. The van der Waals surface area contributed by atoms with Crippen molar-refractivity contribution in [2.45, 2.75) is 13.3 Å². The van der Waals surface area contributed by atoms with Crippen molar-refractivity contribution in [3.05, 3.63) is 65.0 Å². The molecular formula is C23H17NS. The van der Waals surface area contributed by atoms with Gasteiger partial charge in [0.15, 0.2) is 0 Å². The predicted molar refractivity (Wildman–Crippen MR) is 111 cm³/mol. The van der Waals surface area contributed by atoms with Crippen LogP contribution in [0, 0.1) is 5.92 Å². The Balaban J connectivity index is 1.97. The summed E-state index contributed by atoms with van der Waals surface area (Å²) in [5.41, 5.74) is 4.07. The molecule has 120 valence electrons. The number of hydrogen-bond donors (Lipinski definition) is 1. The lowest BCUT2D eigenvalue weighted by Gasteiger charge is -2.12. The fourth-order valence-corrected chi connectivity index (χ4v) is 5.71. The lowest BCUT2D eigenvalue weighted by molar-refractivity contribution is 0.724. The summed E-state index contributed by atoms with van der Waals surface area (Å²) in [5.74, 6) is 0.608. The van der Waals surface area contributed by atoms with Crippen molar-refractivity contribution >= 4 is 60.1 Å². The highest BCUT2D eigenvalue weighted by molar-refractivity contribution is 7.21. The molecule has 5 aromatic rings. The quantitative estimate of drug-likeness (QED) is 0.316. The van der Waals surface area contributed by atoms with Gasteiger partial charge in [0.05, 0.1) is 5.52 Å². The van der Waals surface area contributed by atoms with Crippen LogP contribution >= 0.6 is 11.3 Å². The van der Waals surface area contributed by atoms with Crippen molar-refractivity contribution in [1.82, 2.24) is 4.98 Å². The maximum atomic E-state index is 3.75. The Kier molecular flexibility index (Phi) is 2.59. The fourth-order valence-electron chi connectivity index (χ4n) is 4.42. The van der Waals surface area contributed by atoms with Crippen LogP contribution in [0.2, 0.25) is 0 Å². The lowest BCUT2D eigenvalue weighted by atomic mass is 9.91. The molecule has 1 N–H and O–H groups in total. The van der Waals surface area contributed by atoms with Crippen LogP contribution in [0.15, 0.2) is 54.6 Å². The van der Waals surface area contributed by atoms with E-state index in [2.05, 4.69) is 72.6 Å². The zero-order chi connectivity index (χ0) is 16.5. The smallest absolute Gasteiger partial charge is 0.0562 e. The molecule has 25 heavy (non-hydrogen) atoms. The zero-order valence-corrected chi connectivity index (χ0v) is 14.8. The minimum Gasteiger partial charge on any atom is -0.354 e. The number of aromatic amines is 1. The van der Waals surface area contributed by atoms with Crippen molar-refractivity contribution < 1.29 is 0 Å². The van der Waals surface area contributed by atoms with E-state index in [0.29, 0.717) is 5.92 Å². The molecule has 6 rings (SSSR count). The van der Waals surface area contributed by atoms with Gasteiger partial charge in [-0.25, -0.2) is 0 Å². The highest BCUT2D eigenvalue weighted by Gasteiger charge is 2.22. The van der Waals surface area contributed by atoms with E-state index in [4.69, 9.17) is 0 Å². The monoisotopic (exact) mass is 339 g/mol. The third-order valence-corrected chi connectivity index (χ3v) is 6.77. The maximum Gasteiger partial charge on any atom is 0.0562 e. The van der Waals surface area contributed by atoms with E-state index in [-0.39, 0.29) is 0 Å². The van der Waals surface area contributed by atoms with E-state index >= 15 is 0 Å². The van der Waals surface area contributed by atoms with Gasteiger partial charge in [0, 0.05) is 36.6 Å². The molecule has 0 saturated carbocycles.